The fourth-order valence-electron chi connectivity index (χ4n) is 1.89. The van der Waals surface area contributed by atoms with Crippen molar-refractivity contribution in [1.82, 2.24) is 0 Å². The minimum Gasteiger partial charge on any atom is -0.417 e. The Labute approximate surface area is 85.0 Å². The van der Waals surface area contributed by atoms with Gasteiger partial charge in [-0.2, -0.15) is 0 Å². The van der Waals surface area contributed by atoms with Crippen LogP contribution in [0.15, 0.2) is 0 Å². The van der Waals surface area contributed by atoms with Crippen LogP contribution < -0.4 is 0 Å². The molecule has 2 atom stereocenters. The number of hydrogen-bond donors (Lipinski definition) is 0. The second-order valence-electron chi connectivity index (χ2n) is 4.24. The van der Waals surface area contributed by atoms with Crippen molar-refractivity contribution in [2.24, 2.45) is 0 Å². The zero-order chi connectivity index (χ0) is 10.5. The Morgan fingerprint density at radius 1 is 1.00 bits per heavy atom. The lowest BCUT2D eigenvalue weighted by atomic mass is 10.3. The lowest BCUT2D eigenvalue weighted by Crippen LogP contribution is -2.42. The normalized spacial score (nSPS) is 20.8. The first-order valence-corrected chi connectivity index (χ1v) is 8.23. The van der Waals surface area contributed by atoms with E-state index in [-0.39, 0.29) is 0 Å². The highest BCUT2D eigenvalue weighted by molar-refractivity contribution is 6.75. The standard InChI is InChI=1S/C11H26OSi/c1-7-10(4)13(6,12-9-3)11(5)8-2/h10-11H,7-9H2,1-6H3. The second kappa shape index (κ2) is 5.81. The summed E-state index contributed by atoms with van der Waals surface area (Å²) >= 11 is 0. The van der Waals surface area contributed by atoms with Crippen LogP contribution in [0.1, 0.15) is 47.5 Å². The third-order valence-corrected chi connectivity index (χ3v) is 9.28. The van der Waals surface area contributed by atoms with E-state index >= 15 is 0 Å². The molecule has 0 bridgehead atoms. The van der Waals surface area contributed by atoms with Gasteiger partial charge in [0.1, 0.15) is 0 Å². The average Bonchev–Trinajstić information content (AvgIpc) is 2.15. The maximum absolute atomic E-state index is 6.07. The molecule has 0 rings (SSSR count). The molecule has 0 aromatic carbocycles. The third-order valence-electron chi connectivity index (χ3n) is 3.64. The van der Waals surface area contributed by atoms with Crippen LogP contribution in [-0.2, 0) is 4.43 Å². The number of hydrogen-bond acceptors (Lipinski definition) is 1. The van der Waals surface area contributed by atoms with Crippen molar-refractivity contribution < 1.29 is 4.43 Å². The molecule has 0 aromatic heterocycles. The van der Waals surface area contributed by atoms with Gasteiger partial charge in [-0.1, -0.05) is 40.5 Å². The molecule has 0 heterocycles. The van der Waals surface area contributed by atoms with Crippen molar-refractivity contribution in [1.29, 1.82) is 0 Å². The SMILES string of the molecule is CCO[Si](C)(C(C)CC)C(C)CC. The van der Waals surface area contributed by atoms with E-state index in [4.69, 9.17) is 4.43 Å². The quantitative estimate of drug-likeness (QED) is 0.587. The van der Waals surface area contributed by atoms with Crippen molar-refractivity contribution >= 4 is 8.32 Å². The van der Waals surface area contributed by atoms with E-state index in [2.05, 4.69) is 41.2 Å². The molecular formula is C11H26OSi. The Kier molecular flexibility index (Phi) is 5.89. The summed E-state index contributed by atoms with van der Waals surface area (Å²) in [7, 11) is -1.46. The zero-order valence-corrected chi connectivity index (χ0v) is 11.2. The van der Waals surface area contributed by atoms with Crippen LogP contribution in [0, 0.1) is 0 Å². The Morgan fingerprint density at radius 3 is 1.62 bits per heavy atom. The van der Waals surface area contributed by atoms with Crippen molar-refractivity contribution in [2.45, 2.75) is 65.1 Å². The van der Waals surface area contributed by atoms with Crippen molar-refractivity contribution in [2.75, 3.05) is 6.61 Å². The molecule has 0 amide bonds. The van der Waals surface area contributed by atoms with Crippen LogP contribution >= 0.6 is 0 Å². The lowest BCUT2D eigenvalue weighted by Gasteiger charge is -2.37. The maximum Gasteiger partial charge on any atom is 0.195 e. The second-order valence-corrected chi connectivity index (χ2v) is 8.86. The van der Waals surface area contributed by atoms with Gasteiger partial charge in [0.25, 0.3) is 0 Å². The van der Waals surface area contributed by atoms with Crippen molar-refractivity contribution in [3.63, 3.8) is 0 Å². The van der Waals surface area contributed by atoms with Gasteiger partial charge in [0.2, 0.25) is 0 Å². The summed E-state index contributed by atoms with van der Waals surface area (Å²) in [5, 5.41) is 0. The minimum absolute atomic E-state index is 0.780. The van der Waals surface area contributed by atoms with Crippen molar-refractivity contribution in [3.05, 3.63) is 0 Å². The smallest absolute Gasteiger partial charge is 0.195 e. The topological polar surface area (TPSA) is 9.23 Å². The highest BCUT2D eigenvalue weighted by Gasteiger charge is 2.38. The maximum atomic E-state index is 6.07. The fourth-order valence-corrected chi connectivity index (χ4v) is 5.68. The Bertz CT molecular complexity index is 126. The summed E-state index contributed by atoms with van der Waals surface area (Å²) in [6.07, 6.45) is 2.51. The molecule has 2 unspecified atom stereocenters. The van der Waals surface area contributed by atoms with Gasteiger partial charge >= 0.3 is 0 Å². The first kappa shape index (κ1) is 13.2. The minimum atomic E-state index is -1.46. The predicted octanol–water partition coefficient (Wildman–Crippen LogP) is 4.20. The van der Waals surface area contributed by atoms with E-state index in [0.29, 0.717) is 0 Å². The number of rotatable bonds is 6. The van der Waals surface area contributed by atoms with Gasteiger partial charge < -0.3 is 4.43 Å². The third kappa shape index (κ3) is 3.10. The van der Waals surface area contributed by atoms with Gasteiger partial charge in [-0.25, -0.2) is 0 Å². The summed E-state index contributed by atoms with van der Waals surface area (Å²) in [6, 6.07) is 0. The summed E-state index contributed by atoms with van der Waals surface area (Å²) in [5.41, 5.74) is 1.56. The predicted molar refractivity (Wildman–Crippen MR) is 62.7 cm³/mol. The fraction of sp³-hybridized carbons (Fsp3) is 1.00. The molecule has 0 fully saturated rings. The molecule has 0 saturated heterocycles. The lowest BCUT2D eigenvalue weighted by molar-refractivity contribution is 0.304. The molecule has 0 N–H and O–H groups in total. The average molecular weight is 202 g/mol. The highest BCUT2D eigenvalue weighted by Crippen LogP contribution is 2.37. The molecular weight excluding hydrogens is 176 g/mol. The van der Waals surface area contributed by atoms with Gasteiger partial charge in [-0.3, -0.25) is 0 Å². The summed E-state index contributed by atoms with van der Waals surface area (Å²) < 4.78 is 6.07. The Hall–Kier alpha value is 0.177. The van der Waals surface area contributed by atoms with Crippen LogP contribution in [-0.4, -0.2) is 14.9 Å². The zero-order valence-electron chi connectivity index (χ0n) is 10.2. The summed E-state index contributed by atoms with van der Waals surface area (Å²) in [6.45, 7) is 14.7. The van der Waals surface area contributed by atoms with Crippen LogP contribution in [0.5, 0.6) is 0 Å². The summed E-state index contributed by atoms with van der Waals surface area (Å²) in [4.78, 5) is 0. The Morgan fingerprint density at radius 2 is 1.38 bits per heavy atom. The van der Waals surface area contributed by atoms with Crippen LogP contribution in [0.25, 0.3) is 0 Å². The van der Waals surface area contributed by atoms with Gasteiger partial charge in [0.15, 0.2) is 8.32 Å². The Balaban J connectivity index is 4.50. The van der Waals surface area contributed by atoms with Crippen LogP contribution in [0.2, 0.25) is 17.6 Å². The van der Waals surface area contributed by atoms with Crippen LogP contribution in [0.3, 0.4) is 0 Å². The highest BCUT2D eigenvalue weighted by atomic mass is 28.4. The molecule has 13 heavy (non-hydrogen) atoms. The van der Waals surface area contributed by atoms with Gasteiger partial charge in [0.05, 0.1) is 0 Å². The first-order valence-electron chi connectivity index (χ1n) is 5.66. The molecule has 0 aliphatic carbocycles. The molecule has 1 nitrogen and oxygen atoms in total. The van der Waals surface area contributed by atoms with E-state index in [1.165, 1.54) is 12.8 Å². The van der Waals surface area contributed by atoms with Crippen LogP contribution in [0.4, 0.5) is 0 Å². The largest absolute Gasteiger partial charge is 0.417 e. The summed E-state index contributed by atoms with van der Waals surface area (Å²) in [5.74, 6) is 0. The molecule has 0 spiro atoms. The van der Waals surface area contributed by atoms with E-state index in [1.54, 1.807) is 0 Å². The van der Waals surface area contributed by atoms with Gasteiger partial charge in [-0.05, 0) is 24.6 Å². The molecule has 0 aliphatic rings. The van der Waals surface area contributed by atoms with E-state index in [0.717, 1.165) is 17.7 Å². The molecule has 0 saturated carbocycles. The van der Waals surface area contributed by atoms with Crippen molar-refractivity contribution in [3.8, 4) is 0 Å². The molecule has 0 radical (unpaired) electrons. The molecule has 2 heteroatoms. The first-order chi connectivity index (χ1) is 6.02. The molecule has 0 aromatic rings. The monoisotopic (exact) mass is 202 g/mol. The van der Waals surface area contributed by atoms with E-state index < -0.39 is 8.32 Å². The van der Waals surface area contributed by atoms with Gasteiger partial charge in [0, 0.05) is 6.61 Å². The molecule has 80 valence electrons. The molecule has 0 aliphatic heterocycles. The van der Waals surface area contributed by atoms with E-state index in [1.807, 2.05) is 0 Å². The van der Waals surface area contributed by atoms with E-state index in [9.17, 15) is 0 Å². The van der Waals surface area contributed by atoms with Gasteiger partial charge in [-0.15, -0.1) is 0 Å².